The minimum absolute atomic E-state index is 0.799. The van der Waals surface area contributed by atoms with E-state index in [-0.39, 0.29) is 0 Å². The van der Waals surface area contributed by atoms with Crippen molar-refractivity contribution < 1.29 is 0 Å². The maximum atomic E-state index is 4.27. The molecule has 0 saturated carbocycles. The second kappa shape index (κ2) is 11.8. The first-order valence-corrected chi connectivity index (χ1v) is 10.6. The zero-order chi connectivity index (χ0) is 21.9. The molecule has 0 aliphatic rings. The first-order valence-electron chi connectivity index (χ1n) is 10.6. The van der Waals surface area contributed by atoms with Crippen LogP contribution in [0.5, 0.6) is 0 Å². The molecule has 0 aromatic heterocycles. The van der Waals surface area contributed by atoms with Crippen LogP contribution in [0.4, 0.5) is 0 Å². The molecule has 2 aromatic carbocycles. The Morgan fingerprint density at radius 1 is 0.967 bits per heavy atom. The van der Waals surface area contributed by atoms with E-state index in [4.69, 9.17) is 0 Å². The van der Waals surface area contributed by atoms with Crippen LogP contribution in [0.25, 0.3) is 5.57 Å². The lowest BCUT2D eigenvalue weighted by atomic mass is 9.97. The normalized spacial score (nSPS) is 11.5. The minimum atomic E-state index is 0.799. The fourth-order valence-corrected chi connectivity index (χ4v) is 3.28. The Balaban J connectivity index is 1.80. The lowest BCUT2D eigenvalue weighted by Gasteiger charge is -2.13. The van der Waals surface area contributed by atoms with Crippen LogP contribution in [-0.4, -0.2) is 6.54 Å². The molecule has 0 fully saturated rings. The van der Waals surface area contributed by atoms with E-state index in [2.05, 4.69) is 107 Å². The number of nitrogens with one attached hydrogen (secondary N) is 1. The number of hydrogen-bond acceptors (Lipinski definition) is 1. The van der Waals surface area contributed by atoms with Crippen LogP contribution < -0.4 is 5.32 Å². The van der Waals surface area contributed by atoms with Gasteiger partial charge < -0.3 is 5.32 Å². The van der Waals surface area contributed by atoms with Gasteiger partial charge in [0.1, 0.15) is 0 Å². The van der Waals surface area contributed by atoms with Crippen molar-refractivity contribution >= 4 is 5.57 Å². The Hall–Kier alpha value is -3.06. The fraction of sp³-hybridized carbons (Fsp3) is 0.241. The van der Waals surface area contributed by atoms with Crippen LogP contribution in [0.1, 0.15) is 40.7 Å². The van der Waals surface area contributed by atoms with Crippen LogP contribution in [0.15, 0.2) is 97.8 Å². The van der Waals surface area contributed by atoms with E-state index in [1.165, 1.54) is 27.8 Å². The first-order chi connectivity index (χ1) is 14.4. The Kier molecular flexibility index (Phi) is 9.15. The lowest BCUT2D eigenvalue weighted by molar-refractivity contribution is 0.825. The van der Waals surface area contributed by atoms with Crippen molar-refractivity contribution in [3.05, 3.63) is 126 Å². The third-order valence-electron chi connectivity index (χ3n) is 5.24. The fourth-order valence-electron chi connectivity index (χ4n) is 3.28. The monoisotopic (exact) mass is 397 g/mol. The zero-order valence-corrected chi connectivity index (χ0v) is 18.8. The molecule has 0 atom stereocenters. The van der Waals surface area contributed by atoms with Crippen molar-refractivity contribution in [2.75, 3.05) is 6.54 Å². The maximum absolute atomic E-state index is 4.27. The molecule has 0 unspecified atom stereocenters. The van der Waals surface area contributed by atoms with Crippen LogP contribution in [-0.2, 0) is 6.42 Å². The van der Waals surface area contributed by atoms with Gasteiger partial charge in [-0.1, -0.05) is 97.6 Å². The van der Waals surface area contributed by atoms with Crippen molar-refractivity contribution in [1.29, 1.82) is 0 Å². The van der Waals surface area contributed by atoms with Crippen molar-refractivity contribution in [2.45, 2.75) is 40.0 Å². The predicted molar refractivity (Wildman–Crippen MR) is 134 cm³/mol. The van der Waals surface area contributed by atoms with E-state index in [0.717, 1.165) is 42.7 Å². The van der Waals surface area contributed by atoms with Gasteiger partial charge in [-0.15, -0.1) is 0 Å². The molecule has 1 heteroatoms. The molecule has 1 N–H and O–H groups in total. The number of aryl methyl sites for hydroxylation is 4. The summed E-state index contributed by atoms with van der Waals surface area (Å²) < 4.78 is 0. The van der Waals surface area contributed by atoms with Gasteiger partial charge in [-0.25, -0.2) is 0 Å². The molecule has 0 amide bonds. The van der Waals surface area contributed by atoms with Crippen LogP contribution in [0, 0.1) is 20.8 Å². The Bertz CT molecular complexity index is 939. The summed E-state index contributed by atoms with van der Waals surface area (Å²) >= 11 is 0. The van der Waals surface area contributed by atoms with Gasteiger partial charge in [0.05, 0.1) is 0 Å². The highest BCUT2D eigenvalue weighted by molar-refractivity contribution is 5.67. The summed E-state index contributed by atoms with van der Waals surface area (Å²) in [6.45, 7) is 19.5. The Labute approximate surface area is 183 Å². The van der Waals surface area contributed by atoms with E-state index in [0.29, 0.717) is 0 Å². The van der Waals surface area contributed by atoms with Crippen LogP contribution >= 0.6 is 0 Å². The molecular weight excluding hydrogens is 362 g/mol. The summed E-state index contributed by atoms with van der Waals surface area (Å²) in [5, 5.41) is 3.41. The van der Waals surface area contributed by atoms with E-state index < -0.39 is 0 Å². The molecule has 0 aliphatic heterocycles. The average molecular weight is 398 g/mol. The molecular formula is C29H35N. The number of rotatable bonds is 11. The molecule has 30 heavy (non-hydrogen) atoms. The standard InChI is InChI=1S/C29H35N/c1-7-28(12-10-8-9-11-27-17-14-22(2)15-18-27)26(6)30-20-19-25(5)29-21-23(3)13-16-24(29)4/h7-8,10,12-18,21,30H,1,5-6,9,11,19-20H2,2-4H3/b10-8-,28-12+. The number of benzene rings is 2. The van der Waals surface area contributed by atoms with Gasteiger partial charge in [-0.05, 0) is 67.9 Å². The molecule has 0 bridgehead atoms. The molecule has 0 saturated heterocycles. The molecule has 1 nitrogen and oxygen atoms in total. The summed E-state index contributed by atoms with van der Waals surface area (Å²) in [4.78, 5) is 0. The van der Waals surface area contributed by atoms with Gasteiger partial charge in [0.25, 0.3) is 0 Å². The second-order valence-electron chi connectivity index (χ2n) is 7.86. The quantitative estimate of drug-likeness (QED) is 0.389. The molecule has 0 spiro atoms. The highest BCUT2D eigenvalue weighted by atomic mass is 14.9. The Morgan fingerprint density at radius 2 is 1.67 bits per heavy atom. The van der Waals surface area contributed by atoms with E-state index >= 15 is 0 Å². The predicted octanol–water partition coefficient (Wildman–Crippen LogP) is 7.42. The highest BCUT2D eigenvalue weighted by Crippen LogP contribution is 2.21. The number of hydrogen-bond donors (Lipinski definition) is 1. The highest BCUT2D eigenvalue weighted by Gasteiger charge is 2.04. The van der Waals surface area contributed by atoms with Crippen molar-refractivity contribution in [3.63, 3.8) is 0 Å². The SMILES string of the molecule is C=C/C(=C\C=C/CCc1ccc(C)cc1)C(=C)NCCC(=C)c1cc(C)ccc1C. The smallest absolute Gasteiger partial charge is 0.0340 e. The van der Waals surface area contributed by atoms with Gasteiger partial charge in [0.2, 0.25) is 0 Å². The van der Waals surface area contributed by atoms with Gasteiger partial charge in [-0.2, -0.15) is 0 Å². The molecule has 156 valence electrons. The van der Waals surface area contributed by atoms with Crippen molar-refractivity contribution in [2.24, 2.45) is 0 Å². The van der Waals surface area contributed by atoms with Crippen molar-refractivity contribution in [1.82, 2.24) is 5.32 Å². The van der Waals surface area contributed by atoms with Gasteiger partial charge >= 0.3 is 0 Å². The summed E-state index contributed by atoms with van der Waals surface area (Å²) in [7, 11) is 0. The van der Waals surface area contributed by atoms with E-state index in [1.54, 1.807) is 0 Å². The summed E-state index contributed by atoms with van der Waals surface area (Å²) in [6.07, 6.45) is 11.1. The summed E-state index contributed by atoms with van der Waals surface area (Å²) in [6, 6.07) is 15.2. The van der Waals surface area contributed by atoms with Crippen molar-refractivity contribution in [3.8, 4) is 0 Å². The molecule has 2 rings (SSSR count). The molecule has 0 radical (unpaired) electrons. The lowest BCUT2D eigenvalue weighted by Crippen LogP contribution is -2.15. The van der Waals surface area contributed by atoms with E-state index in [1.807, 2.05) is 6.08 Å². The third kappa shape index (κ3) is 7.40. The zero-order valence-electron chi connectivity index (χ0n) is 18.8. The topological polar surface area (TPSA) is 12.0 Å². The summed E-state index contributed by atoms with van der Waals surface area (Å²) in [5.74, 6) is 0. The molecule has 2 aromatic rings. The number of allylic oxidation sites excluding steroid dienone is 4. The largest absolute Gasteiger partial charge is 0.385 e. The van der Waals surface area contributed by atoms with Crippen LogP contribution in [0.2, 0.25) is 0 Å². The third-order valence-corrected chi connectivity index (χ3v) is 5.24. The second-order valence-corrected chi connectivity index (χ2v) is 7.86. The van der Waals surface area contributed by atoms with Gasteiger partial charge in [-0.3, -0.25) is 0 Å². The maximum Gasteiger partial charge on any atom is 0.0340 e. The van der Waals surface area contributed by atoms with Gasteiger partial charge in [0, 0.05) is 12.2 Å². The van der Waals surface area contributed by atoms with Gasteiger partial charge in [0.15, 0.2) is 0 Å². The average Bonchev–Trinajstić information content (AvgIpc) is 2.73. The van der Waals surface area contributed by atoms with E-state index in [9.17, 15) is 0 Å². The first kappa shape index (κ1) is 23.2. The van der Waals surface area contributed by atoms with Crippen LogP contribution in [0.3, 0.4) is 0 Å². The molecule has 0 heterocycles. The minimum Gasteiger partial charge on any atom is -0.385 e. The molecule has 0 aliphatic carbocycles. The summed E-state index contributed by atoms with van der Waals surface area (Å²) in [5.41, 5.74) is 9.51. The Morgan fingerprint density at radius 3 is 2.37 bits per heavy atom.